The molecule has 0 amide bonds. The van der Waals surface area contributed by atoms with Crippen LogP contribution in [0.2, 0.25) is 0 Å². The summed E-state index contributed by atoms with van der Waals surface area (Å²) in [7, 11) is 0. The Labute approximate surface area is 78.0 Å². The fourth-order valence-corrected chi connectivity index (χ4v) is 1.17. The highest BCUT2D eigenvalue weighted by molar-refractivity contribution is 5.89. The molecule has 5 heteroatoms. The molecule has 0 saturated carbocycles. The quantitative estimate of drug-likeness (QED) is 0.763. The fraction of sp³-hybridized carbons (Fsp3) is 0.222. The van der Waals surface area contributed by atoms with Crippen LogP contribution in [0.15, 0.2) is 18.2 Å². The minimum absolute atomic E-state index is 0.257. The Hall–Kier alpha value is -1.52. The Morgan fingerprint density at radius 1 is 1.36 bits per heavy atom. The number of alkyl halides is 3. The highest BCUT2D eigenvalue weighted by Crippen LogP contribution is 2.32. The molecule has 1 aromatic carbocycles. The number of hydrogen-bond donors (Lipinski definition) is 1. The summed E-state index contributed by atoms with van der Waals surface area (Å²) >= 11 is 0. The van der Waals surface area contributed by atoms with Crippen LogP contribution in [0.4, 0.5) is 13.2 Å². The van der Waals surface area contributed by atoms with E-state index in [0.29, 0.717) is 0 Å². The Kier molecular flexibility index (Phi) is 2.51. The number of halogens is 3. The highest BCUT2D eigenvalue weighted by Gasteiger charge is 2.33. The van der Waals surface area contributed by atoms with Gasteiger partial charge in [-0.05, 0) is 24.6 Å². The van der Waals surface area contributed by atoms with Gasteiger partial charge in [0.25, 0.3) is 0 Å². The SMILES string of the molecule is Cc1c(C(=O)O)cccc1C(F)(F)F. The number of carbonyl (C=O) groups is 1. The number of aromatic carboxylic acids is 1. The smallest absolute Gasteiger partial charge is 0.416 e. The van der Waals surface area contributed by atoms with Gasteiger partial charge in [0.15, 0.2) is 0 Å². The molecule has 0 bridgehead atoms. The van der Waals surface area contributed by atoms with Crippen molar-refractivity contribution < 1.29 is 23.1 Å². The van der Waals surface area contributed by atoms with E-state index in [2.05, 4.69) is 0 Å². The maximum absolute atomic E-state index is 12.3. The zero-order chi connectivity index (χ0) is 10.9. The molecule has 14 heavy (non-hydrogen) atoms. The van der Waals surface area contributed by atoms with E-state index in [4.69, 9.17) is 5.11 Å². The molecule has 0 atom stereocenters. The van der Waals surface area contributed by atoms with Gasteiger partial charge in [0, 0.05) is 0 Å². The van der Waals surface area contributed by atoms with Crippen molar-refractivity contribution in [3.63, 3.8) is 0 Å². The second-order valence-electron chi connectivity index (χ2n) is 2.78. The van der Waals surface area contributed by atoms with Gasteiger partial charge < -0.3 is 5.11 Å². The first kappa shape index (κ1) is 10.6. The Balaban J connectivity index is 3.35. The van der Waals surface area contributed by atoms with E-state index < -0.39 is 17.7 Å². The van der Waals surface area contributed by atoms with Crippen LogP contribution in [0.25, 0.3) is 0 Å². The summed E-state index contributed by atoms with van der Waals surface area (Å²) in [4.78, 5) is 10.5. The van der Waals surface area contributed by atoms with Crippen LogP contribution >= 0.6 is 0 Å². The average Bonchev–Trinajstić information content (AvgIpc) is 2.01. The lowest BCUT2D eigenvalue weighted by Crippen LogP contribution is -2.11. The second kappa shape index (κ2) is 3.32. The van der Waals surface area contributed by atoms with Gasteiger partial charge >= 0.3 is 12.1 Å². The van der Waals surface area contributed by atoms with E-state index in [-0.39, 0.29) is 11.1 Å². The summed E-state index contributed by atoms with van der Waals surface area (Å²) < 4.78 is 36.9. The Morgan fingerprint density at radius 2 is 1.93 bits per heavy atom. The summed E-state index contributed by atoms with van der Waals surface area (Å²) in [5, 5.41) is 8.59. The number of carboxylic acids is 1. The summed E-state index contributed by atoms with van der Waals surface area (Å²) in [6.45, 7) is 1.15. The van der Waals surface area contributed by atoms with Crippen molar-refractivity contribution in [3.8, 4) is 0 Å². The average molecular weight is 204 g/mol. The Bertz CT molecular complexity index is 369. The molecular formula is C9H7F3O2. The lowest BCUT2D eigenvalue weighted by molar-refractivity contribution is -0.138. The van der Waals surface area contributed by atoms with Crippen molar-refractivity contribution in [3.05, 3.63) is 34.9 Å². The standard InChI is InChI=1S/C9H7F3O2/c1-5-6(8(13)14)3-2-4-7(5)9(10,11)12/h2-4H,1H3,(H,13,14). The molecule has 0 heterocycles. The van der Waals surface area contributed by atoms with Gasteiger partial charge in [-0.15, -0.1) is 0 Å². The van der Waals surface area contributed by atoms with Crippen molar-refractivity contribution in [2.75, 3.05) is 0 Å². The van der Waals surface area contributed by atoms with Gasteiger partial charge in [-0.3, -0.25) is 0 Å². The van der Waals surface area contributed by atoms with Gasteiger partial charge in [-0.1, -0.05) is 6.07 Å². The summed E-state index contributed by atoms with van der Waals surface area (Å²) in [5.74, 6) is -1.35. The van der Waals surface area contributed by atoms with Gasteiger partial charge in [0.05, 0.1) is 11.1 Å². The molecule has 1 rings (SSSR count). The lowest BCUT2D eigenvalue weighted by atomic mass is 10.0. The van der Waals surface area contributed by atoms with Crippen LogP contribution in [-0.2, 0) is 6.18 Å². The molecule has 0 aromatic heterocycles. The molecule has 1 N–H and O–H groups in total. The Morgan fingerprint density at radius 3 is 2.36 bits per heavy atom. The number of rotatable bonds is 1. The molecule has 0 radical (unpaired) electrons. The summed E-state index contributed by atoms with van der Waals surface area (Å²) in [6.07, 6.45) is -4.50. The number of hydrogen-bond acceptors (Lipinski definition) is 1. The molecule has 76 valence electrons. The number of carboxylic acid groups (broad SMARTS) is 1. The second-order valence-corrected chi connectivity index (χ2v) is 2.78. The molecule has 2 nitrogen and oxygen atoms in total. The summed E-state index contributed by atoms with van der Waals surface area (Å²) in [6, 6.07) is 3.09. The number of benzene rings is 1. The predicted octanol–water partition coefficient (Wildman–Crippen LogP) is 2.71. The lowest BCUT2D eigenvalue weighted by Gasteiger charge is -2.11. The minimum atomic E-state index is -4.50. The van der Waals surface area contributed by atoms with Gasteiger partial charge in [-0.2, -0.15) is 13.2 Å². The maximum Gasteiger partial charge on any atom is 0.416 e. The predicted molar refractivity (Wildman–Crippen MR) is 43.1 cm³/mol. The summed E-state index contributed by atoms with van der Waals surface area (Å²) in [5.41, 5.74) is -1.48. The molecule has 0 spiro atoms. The third-order valence-electron chi connectivity index (χ3n) is 1.87. The van der Waals surface area contributed by atoms with Crippen molar-refractivity contribution in [1.29, 1.82) is 0 Å². The zero-order valence-corrected chi connectivity index (χ0v) is 7.22. The molecule has 0 aliphatic heterocycles. The van der Waals surface area contributed by atoms with Crippen LogP contribution in [0.5, 0.6) is 0 Å². The third kappa shape index (κ3) is 1.86. The van der Waals surface area contributed by atoms with Gasteiger partial charge in [0.1, 0.15) is 0 Å². The van der Waals surface area contributed by atoms with E-state index >= 15 is 0 Å². The highest BCUT2D eigenvalue weighted by atomic mass is 19.4. The van der Waals surface area contributed by atoms with Crippen molar-refractivity contribution in [2.24, 2.45) is 0 Å². The van der Waals surface area contributed by atoms with E-state index in [9.17, 15) is 18.0 Å². The molecular weight excluding hydrogens is 197 g/mol. The van der Waals surface area contributed by atoms with Crippen molar-refractivity contribution in [1.82, 2.24) is 0 Å². The maximum atomic E-state index is 12.3. The molecule has 0 unspecified atom stereocenters. The monoisotopic (exact) mass is 204 g/mol. The van der Waals surface area contributed by atoms with E-state index in [1.165, 1.54) is 0 Å². The van der Waals surface area contributed by atoms with Crippen molar-refractivity contribution >= 4 is 5.97 Å². The van der Waals surface area contributed by atoms with Crippen LogP contribution in [-0.4, -0.2) is 11.1 Å². The first-order chi connectivity index (χ1) is 6.34. The molecule has 0 aliphatic carbocycles. The molecule has 0 saturated heterocycles. The zero-order valence-electron chi connectivity index (χ0n) is 7.22. The van der Waals surface area contributed by atoms with Crippen molar-refractivity contribution in [2.45, 2.75) is 13.1 Å². The van der Waals surface area contributed by atoms with Gasteiger partial charge in [-0.25, -0.2) is 4.79 Å². The van der Waals surface area contributed by atoms with Crippen LogP contribution in [0, 0.1) is 6.92 Å². The van der Waals surface area contributed by atoms with Gasteiger partial charge in [0.2, 0.25) is 0 Å². The topological polar surface area (TPSA) is 37.3 Å². The van der Waals surface area contributed by atoms with E-state index in [1.54, 1.807) is 0 Å². The molecule has 0 fully saturated rings. The fourth-order valence-electron chi connectivity index (χ4n) is 1.17. The largest absolute Gasteiger partial charge is 0.478 e. The first-order valence-electron chi connectivity index (χ1n) is 3.74. The van der Waals surface area contributed by atoms with Crippen LogP contribution in [0.1, 0.15) is 21.5 Å². The van der Waals surface area contributed by atoms with Crippen LogP contribution < -0.4 is 0 Å². The van der Waals surface area contributed by atoms with E-state index in [1.807, 2.05) is 0 Å². The van der Waals surface area contributed by atoms with Crippen LogP contribution in [0.3, 0.4) is 0 Å². The first-order valence-corrected chi connectivity index (χ1v) is 3.74. The van der Waals surface area contributed by atoms with E-state index in [0.717, 1.165) is 25.1 Å². The third-order valence-corrected chi connectivity index (χ3v) is 1.87. The molecule has 1 aromatic rings. The normalized spacial score (nSPS) is 11.4. The minimum Gasteiger partial charge on any atom is -0.478 e. The molecule has 0 aliphatic rings.